The average Bonchev–Trinajstić information content (AvgIpc) is 3.01. The van der Waals surface area contributed by atoms with E-state index in [0.29, 0.717) is 26.1 Å². The summed E-state index contributed by atoms with van der Waals surface area (Å²) in [6, 6.07) is -0.656. The molecule has 158 valence electrons. The summed E-state index contributed by atoms with van der Waals surface area (Å²) in [6.45, 7) is 10.5. The van der Waals surface area contributed by atoms with Crippen LogP contribution in [0.1, 0.15) is 41.0 Å². The van der Waals surface area contributed by atoms with Crippen molar-refractivity contribution >= 4 is 17.8 Å². The van der Waals surface area contributed by atoms with Gasteiger partial charge >= 0.3 is 5.97 Å². The Bertz CT molecular complexity index is 640. The van der Waals surface area contributed by atoms with Crippen LogP contribution in [-0.4, -0.2) is 84.9 Å². The van der Waals surface area contributed by atoms with E-state index in [1.54, 1.807) is 11.9 Å². The highest BCUT2D eigenvalue weighted by molar-refractivity contribution is 5.94. The number of esters is 1. The number of amides is 2. The molecule has 0 bridgehead atoms. The Morgan fingerprint density at radius 3 is 2.29 bits per heavy atom. The van der Waals surface area contributed by atoms with Crippen LogP contribution >= 0.6 is 0 Å². The standard InChI is InChI=1S/C21H35N3O4/c1-15(2)18(20(27)28-21(3,4)5)23(8)19(26)16-11-13-24(14-16)17(25)10-9-12-22(6)7/h15-16,18H,11-14H2,1-8H3/t16-,18?/m0/s1. The largest absolute Gasteiger partial charge is 0.458 e. The van der Waals surface area contributed by atoms with Gasteiger partial charge in [-0.1, -0.05) is 19.8 Å². The number of ether oxygens (including phenoxy) is 1. The molecule has 1 rings (SSSR count). The molecule has 1 unspecified atom stereocenters. The molecule has 7 nitrogen and oxygen atoms in total. The summed E-state index contributed by atoms with van der Waals surface area (Å²) in [5, 5.41) is 0. The summed E-state index contributed by atoms with van der Waals surface area (Å²) in [5.41, 5.74) is -0.615. The maximum Gasteiger partial charge on any atom is 0.329 e. The normalized spacial score (nSPS) is 17.9. The van der Waals surface area contributed by atoms with Gasteiger partial charge in [0, 0.05) is 20.1 Å². The van der Waals surface area contributed by atoms with Crippen molar-refractivity contribution in [3.8, 4) is 11.8 Å². The van der Waals surface area contributed by atoms with Crippen molar-refractivity contribution in [1.29, 1.82) is 0 Å². The molecule has 0 radical (unpaired) electrons. The lowest BCUT2D eigenvalue weighted by Crippen LogP contribution is -2.50. The Balaban J connectivity index is 2.77. The predicted octanol–water partition coefficient (Wildman–Crippen LogP) is 1.22. The maximum absolute atomic E-state index is 13.0. The summed E-state index contributed by atoms with van der Waals surface area (Å²) in [4.78, 5) is 42.8. The van der Waals surface area contributed by atoms with Crippen LogP contribution in [0.4, 0.5) is 0 Å². The van der Waals surface area contributed by atoms with Gasteiger partial charge in [-0.2, -0.15) is 0 Å². The Morgan fingerprint density at radius 2 is 1.79 bits per heavy atom. The van der Waals surface area contributed by atoms with Crippen molar-refractivity contribution in [2.45, 2.75) is 52.7 Å². The van der Waals surface area contributed by atoms with Gasteiger partial charge in [0.15, 0.2) is 0 Å². The highest BCUT2D eigenvalue weighted by Gasteiger charge is 2.38. The molecule has 1 aliphatic rings. The molecule has 28 heavy (non-hydrogen) atoms. The molecule has 2 amide bonds. The fourth-order valence-corrected chi connectivity index (χ4v) is 3.16. The number of rotatable bonds is 5. The molecule has 1 fully saturated rings. The topological polar surface area (TPSA) is 70.2 Å². The van der Waals surface area contributed by atoms with Crippen LogP contribution in [0.3, 0.4) is 0 Å². The highest BCUT2D eigenvalue weighted by atomic mass is 16.6. The molecule has 0 N–H and O–H groups in total. The smallest absolute Gasteiger partial charge is 0.329 e. The van der Waals surface area contributed by atoms with Crippen molar-refractivity contribution in [2.24, 2.45) is 11.8 Å². The average molecular weight is 394 g/mol. The van der Waals surface area contributed by atoms with Gasteiger partial charge in [-0.3, -0.25) is 14.5 Å². The fourth-order valence-electron chi connectivity index (χ4n) is 3.16. The van der Waals surface area contributed by atoms with Crippen LogP contribution in [0.2, 0.25) is 0 Å². The van der Waals surface area contributed by atoms with Gasteiger partial charge in [0.1, 0.15) is 11.6 Å². The van der Waals surface area contributed by atoms with Gasteiger partial charge in [-0.05, 0) is 53.1 Å². The molecule has 1 saturated heterocycles. The van der Waals surface area contributed by atoms with Gasteiger partial charge in [-0.15, -0.1) is 0 Å². The molecule has 2 atom stereocenters. The molecule has 1 heterocycles. The quantitative estimate of drug-likeness (QED) is 0.519. The first-order chi connectivity index (χ1) is 12.8. The second-order valence-electron chi connectivity index (χ2n) is 8.95. The van der Waals surface area contributed by atoms with Crippen LogP contribution in [0.25, 0.3) is 0 Å². The first-order valence-electron chi connectivity index (χ1n) is 9.75. The second-order valence-corrected chi connectivity index (χ2v) is 8.95. The number of hydrogen-bond donors (Lipinski definition) is 0. The first-order valence-corrected chi connectivity index (χ1v) is 9.75. The molecular weight excluding hydrogens is 358 g/mol. The Labute approximate surface area is 169 Å². The number of likely N-dealkylation sites (N-methyl/N-ethyl adjacent to an activating group) is 1. The van der Waals surface area contributed by atoms with Crippen molar-refractivity contribution in [3.63, 3.8) is 0 Å². The molecule has 0 aliphatic carbocycles. The van der Waals surface area contributed by atoms with E-state index >= 15 is 0 Å². The van der Waals surface area contributed by atoms with Crippen molar-refractivity contribution in [2.75, 3.05) is 40.8 Å². The molecule has 1 aliphatic heterocycles. The van der Waals surface area contributed by atoms with E-state index < -0.39 is 17.6 Å². The van der Waals surface area contributed by atoms with Crippen LogP contribution < -0.4 is 0 Å². The van der Waals surface area contributed by atoms with Gasteiger partial charge in [0.05, 0.1) is 12.5 Å². The number of carbonyl (C=O) groups excluding carboxylic acids is 3. The monoisotopic (exact) mass is 393 g/mol. The van der Waals surface area contributed by atoms with Crippen LogP contribution in [0, 0.1) is 23.7 Å². The van der Waals surface area contributed by atoms with E-state index in [1.165, 1.54) is 4.90 Å². The van der Waals surface area contributed by atoms with E-state index in [2.05, 4.69) is 11.8 Å². The molecular formula is C21H35N3O4. The third-order valence-corrected chi connectivity index (χ3v) is 4.46. The Kier molecular flexibility index (Phi) is 8.49. The van der Waals surface area contributed by atoms with E-state index in [4.69, 9.17) is 4.74 Å². The summed E-state index contributed by atoms with van der Waals surface area (Å²) in [7, 11) is 5.41. The Morgan fingerprint density at radius 1 is 1.18 bits per heavy atom. The summed E-state index contributed by atoms with van der Waals surface area (Å²) in [6.07, 6.45) is 0.573. The minimum Gasteiger partial charge on any atom is -0.458 e. The van der Waals surface area contributed by atoms with E-state index in [1.807, 2.05) is 53.6 Å². The Hall–Kier alpha value is -2.07. The van der Waals surface area contributed by atoms with Crippen LogP contribution in [0.15, 0.2) is 0 Å². The molecule has 0 aromatic carbocycles. The third-order valence-electron chi connectivity index (χ3n) is 4.46. The van der Waals surface area contributed by atoms with Crippen molar-refractivity contribution in [3.05, 3.63) is 0 Å². The van der Waals surface area contributed by atoms with Gasteiger partial charge in [0.25, 0.3) is 5.91 Å². The highest BCUT2D eigenvalue weighted by Crippen LogP contribution is 2.23. The zero-order chi connectivity index (χ0) is 21.6. The summed E-state index contributed by atoms with van der Waals surface area (Å²) >= 11 is 0. The molecule has 0 spiro atoms. The number of carbonyl (C=O) groups is 3. The van der Waals surface area contributed by atoms with Gasteiger partial charge < -0.3 is 14.5 Å². The molecule has 0 aromatic heterocycles. The zero-order valence-corrected chi connectivity index (χ0v) is 18.5. The number of likely N-dealkylation sites (tertiary alicyclic amines) is 1. The SMILES string of the molecule is CC(C)C(C(=O)OC(C)(C)C)N(C)C(=O)[C@H]1CCN(C(=O)C#CCN(C)C)C1. The summed E-state index contributed by atoms with van der Waals surface area (Å²) < 4.78 is 5.50. The lowest BCUT2D eigenvalue weighted by Gasteiger charge is -2.33. The second kappa shape index (κ2) is 9.92. The summed E-state index contributed by atoms with van der Waals surface area (Å²) in [5.74, 6) is 4.24. The van der Waals surface area contributed by atoms with Gasteiger partial charge in [-0.25, -0.2) is 4.79 Å². The maximum atomic E-state index is 13.0. The lowest BCUT2D eigenvalue weighted by atomic mass is 9.99. The van der Waals surface area contributed by atoms with Crippen LogP contribution in [0.5, 0.6) is 0 Å². The minimum absolute atomic E-state index is 0.0835. The first kappa shape index (κ1) is 24.0. The fraction of sp³-hybridized carbons (Fsp3) is 0.762. The van der Waals surface area contributed by atoms with E-state index in [0.717, 1.165) is 0 Å². The van der Waals surface area contributed by atoms with Crippen LogP contribution in [-0.2, 0) is 19.1 Å². The van der Waals surface area contributed by atoms with E-state index in [-0.39, 0.29) is 23.7 Å². The third kappa shape index (κ3) is 7.16. The minimum atomic E-state index is -0.656. The number of hydrogen-bond acceptors (Lipinski definition) is 5. The van der Waals surface area contributed by atoms with Crippen molar-refractivity contribution < 1.29 is 19.1 Å². The molecule has 0 aromatic rings. The predicted molar refractivity (Wildman–Crippen MR) is 108 cm³/mol. The van der Waals surface area contributed by atoms with E-state index in [9.17, 15) is 14.4 Å². The lowest BCUT2D eigenvalue weighted by molar-refractivity contribution is -0.166. The number of nitrogens with zero attached hydrogens (tertiary/aromatic N) is 3. The zero-order valence-electron chi connectivity index (χ0n) is 18.5. The molecule has 7 heteroatoms. The molecule has 0 saturated carbocycles. The van der Waals surface area contributed by atoms with Crippen molar-refractivity contribution in [1.82, 2.24) is 14.7 Å². The van der Waals surface area contributed by atoms with Gasteiger partial charge in [0.2, 0.25) is 5.91 Å².